The fraction of sp³-hybridized carbons (Fsp3) is 0.273. The maximum atomic E-state index is 5.44. The highest BCUT2D eigenvalue weighted by Gasteiger charge is 2.13. The maximum absolute atomic E-state index is 5.44. The van der Waals surface area contributed by atoms with E-state index < -0.39 is 0 Å². The minimum atomic E-state index is 0. The van der Waals surface area contributed by atoms with Gasteiger partial charge in [0.15, 0.2) is 17.5 Å². The predicted molar refractivity (Wildman–Crippen MR) is 126 cm³/mol. The molecule has 0 radical (unpaired) electrons. The number of nitrogens with one attached hydrogen (secondary N) is 2. The Morgan fingerprint density at radius 3 is 2.83 bits per heavy atom. The van der Waals surface area contributed by atoms with Crippen LogP contribution in [0, 0.1) is 0 Å². The largest absolute Gasteiger partial charge is 0.454 e. The lowest BCUT2D eigenvalue weighted by Crippen LogP contribution is -2.38. The fourth-order valence-electron chi connectivity index (χ4n) is 3.22. The first-order chi connectivity index (χ1) is 13.8. The molecule has 0 unspecified atom stereocenters. The van der Waals surface area contributed by atoms with Gasteiger partial charge in [0.1, 0.15) is 0 Å². The average molecular weight is 504 g/mol. The quantitative estimate of drug-likeness (QED) is 0.303. The number of pyridine rings is 1. The molecule has 0 aliphatic carbocycles. The number of rotatable bonds is 6. The van der Waals surface area contributed by atoms with E-state index in [9.17, 15) is 0 Å². The second-order valence-electron chi connectivity index (χ2n) is 6.55. The molecule has 3 aromatic rings. The lowest BCUT2D eigenvalue weighted by atomic mass is 10.1. The van der Waals surface area contributed by atoms with E-state index in [1.807, 2.05) is 42.6 Å². The summed E-state index contributed by atoms with van der Waals surface area (Å²) in [6, 6.07) is 16.3. The van der Waals surface area contributed by atoms with Gasteiger partial charge in [0.05, 0.1) is 12.1 Å². The summed E-state index contributed by atoms with van der Waals surface area (Å²) in [6.45, 7) is 4.56. The standard InChI is InChI=1S/C22H24N4O2.HI/c1-2-23-22(25-11-9-16-7-8-20-21(13-16)28-15-27-20)26-14-17-10-12-24-19-6-4-3-5-18(17)19;/h3-8,10,12-13H,2,9,11,14-15H2,1H3,(H2,23,25,26);1H. The van der Waals surface area contributed by atoms with Crippen LogP contribution in [-0.4, -0.2) is 30.8 Å². The summed E-state index contributed by atoms with van der Waals surface area (Å²) in [5.41, 5.74) is 3.36. The monoisotopic (exact) mass is 504 g/mol. The van der Waals surface area contributed by atoms with E-state index in [-0.39, 0.29) is 24.0 Å². The Hall–Kier alpha value is -2.55. The normalized spacial score (nSPS) is 12.5. The Balaban J connectivity index is 0.00000240. The second-order valence-corrected chi connectivity index (χ2v) is 6.55. The van der Waals surface area contributed by atoms with Gasteiger partial charge in [0, 0.05) is 24.7 Å². The lowest BCUT2D eigenvalue weighted by Gasteiger charge is -2.12. The Kier molecular flexibility index (Phi) is 7.51. The van der Waals surface area contributed by atoms with E-state index in [2.05, 4.69) is 34.7 Å². The average Bonchev–Trinajstić information content (AvgIpc) is 3.20. The van der Waals surface area contributed by atoms with Crippen LogP contribution >= 0.6 is 24.0 Å². The lowest BCUT2D eigenvalue weighted by molar-refractivity contribution is 0.174. The van der Waals surface area contributed by atoms with Gasteiger partial charge in [-0.1, -0.05) is 24.3 Å². The number of nitrogens with zero attached hydrogens (tertiary/aromatic N) is 2. The number of aromatic nitrogens is 1. The minimum absolute atomic E-state index is 0. The van der Waals surface area contributed by atoms with Crippen LogP contribution in [0.5, 0.6) is 11.5 Å². The van der Waals surface area contributed by atoms with Crippen molar-refractivity contribution in [3.05, 3.63) is 65.9 Å². The van der Waals surface area contributed by atoms with Crippen molar-refractivity contribution >= 4 is 40.8 Å². The molecule has 29 heavy (non-hydrogen) atoms. The first-order valence-corrected chi connectivity index (χ1v) is 9.57. The highest BCUT2D eigenvalue weighted by molar-refractivity contribution is 14.0. The Morgan fingerprint density at radius 2 is 1.93 bits per heavy atom. The molecular formula is C22H25IN4O2. The van der Waals surface area contributed by atoms with Gasteiger partial charge in [0.2, 0.25) is 6.79 Å². The number of aliphatic imine (C=N–C) groups is 1. The number of hydrogen-bond donors (Lipinski definition) is 2. The molecule has 7 heteroatoms. The number of para-hydroxylation sites is 1. The zero-order valence-electron chi connectivity index (χ0n) is 16.4. The molecule has 6 nitrogen and oxygen atoms in total. The smallest absolute Gasteiger partial charge is 0.231 e. The molecule has 4 rings (SSSR count). The van der Waals surface area contributed by atoms with Crippen LogP contribution in [0.4, 0.5) is 0 Å². The molecule has 2 heterocycles. The molecule has 1 aromatic heterocycles. The summed E-state index contributed by atoms with van der Waals surface area (Å²) in [5, 5.41) is 7.86. The van der Waals surface area contributed by atoms with Crippen LogP contribution in [0.1, 0.15) is 18.1 Å². The van der Waals surface area contributed by atoms with Crippen molar-refractivity contribution in [2.45, 2.75) is 19.9 Å². The van der Waals surface area contributed by atoms with Crippen molar-refractivity contribution in [3.63, 3.8) is 0 Å². The molecule has 0 bridgehead atoms. The van der Waals surface area contributed by atoms with Crippen molar-refractivity contribution in [1.82, 2.24) is 15.6 Å². The van der Waals surface area contributed by atoms with E-state index in [0.29, 0.717) is 13.3 Å². The van der Waals surface area contributed by atoms with Crippen LogP contribution in [0.15, 0.2) is 59.7 Å². The number of ether oxygens (including phenoxy) is 2. The highest BCUT2D eigenvalue weighted by atomic mass is 127. The summed E-state index contributed by atoms with van der Waals surface area (Å²) in [7, 11) is 0. The minimum Gasteiger partial charge on any atom is -0.454 e. The number of halogens is 1. The van der Waals surface area contributed by atoms with Gasteiger partial charge in [-0.15, -0.1) is 24.0 Å². The fourth-order valence-corrected chi connectivity index (χ4v) is 3.22. The Labute approximate surface area is 187 Å². The third kappa shape index (κ3) is 5.29. The van der Waals surface area contributed by atoms with Gasteiger partial charge in [0.25, 0.3) is 0 Å². The third-order valence-electron chi connectivity index (χ3n) is 4.63. The number of hydrogen-bond acceptors (Lipinski definition) is 4. The Bertz CT molecular complexity index is 988. The number of benzene rings is 2. The second kappa shape index (κ2) is 10.3. The van der Waals surface area contributed by atoms with Gasteiger partial charge in [-0.25, -0.2) is 4.99 Å². The number of guanidine groups is 1. The number of fused-ring (bicyclic) bond motifs is 2. The summed E-state index contributed by atoms with van der Waals surface area (Å²) in [5.74, 6) is 2.45. The molecule has 0 saturated carbocycles. The van der Waals surface area contributed by atoms with E-state index in [1.54, 1.807) is 0 Å². The third-order valence-corrected chi connectivity index (χ3v) is 4.63. The molecule has 1 aliphatic rings. The van der Waals surface area contributed by atoms with Gasteiger partial charge in [-0.05, 0) is 48.7 Å². The van der Waals surface area contributed by atoms with Crippen LogP contribution in [0.25, 0.3) is 10.9 Å². The van der Waals surface area contributed by atoms with Crippen LogP contribution in [-0.2, 0) is 13.0 Å². The molecular weight excluding hydrogens is 479 g/mol. The molecule has 2 aromatic carbocycles. The molecule has 0 atom stereocenters. The zero-order valence-corrected chi connectivity index (χ0v) is 18.7. The first-order valence-electron chi connectivity index (χ1n) is 9.57. The summed E-state index contributed by atoms with van der Waals surface area (Å²) < 4.78 is 10.8. The molecule has 0 spiro atoms. The summed E-state index contributed by atoms with van der Waals surface area (Å²) in [4.78, 5) is 9.16. The van der Waals surface area contributed by atoms with Crippen LogP contribution in [0.2, 0.25) is 0 Å². The predicted octanol–water partition coefficient (Wildman–Crippen LogP) is 3.88. The molecule has 1 aliphatic heterocycles. The molecule has 2 N–H and O–H groups in total. The van der Waals surface area contributed by atoms with E-state index in [4.69, 9.17) is 14.5 Å². The van der Waals surface area contributed by atoms with Crippen molar-refractivity contribution in [2.24, 2.45) is 4.99 Å². The van der Waals surface area contributed by atoms with E-state index >= 15 is 0 Å². The van der Waals surface area contributed by atoms with Gasteiger partial charge < -0.3 is 20.1 Å². The van der Waals surface area contributed by atoms with Crippen molar-refractivity contribution in [1.29, 1.82) is 0 Å². The summed E-state index contributed by atoms with van der Waals surface area (Å²) >= 11 is 0. The summed E-state index contributed by atoms with van der Waals surface area (Å²) in [6.07, 6.45) is 2.71. The zero-order chi connectivity index (χ0) is 19.2. The molecule has 0 fully saturated rings. The molecule has 152 valence electrons. The van der Waals surface area contributed by atoms with Crippen LogP contribution < -0.4 is 20.1 Å². The maximum Gasteiger partial charge on any atom is 0.231 e. The van der Waals surface area contributed by atoms with E-state index in [0.717, 1.165) is 47.9 Å². The van der Waals surface area contributed by atoms with Crippen molar-refractivity contribution in [3.8, 4) is 11.5 Å². The van der Waals surface area contributed by atoms with E-state index in [1.165, 1.54) is 11.1 Å². The van der Waals surface area contributed by atoms with Gasteiger partial charge in [-0.2, -0.15) is 0 Å². The first kappa shape index (κ1) is 21.2. The van der Waals surface area contributed by atoms with Crippen molar-refractivity contribution in [2.75, 3.05) is 19.9 Å². The van der Waals surface area contributed by atoms with Gasteiger partial charge in [-0.3, -0.25) is 4.98 Å². The van der Waals surface area contributed by atoms with Crippen molar-refractivity contribution < 1.29 is 9.47 Å². The van der Waals surface area contributed by atoms with Gasteiger partial charge >= 0.3 is 0 Å². The molecule has 0 saturated heterocycles. The Morgan fingerprint density at radius 1 is 1.07 bits per heavy atom. The molecule has 0 amide bonds. The van der Waals surface area contributed by atoms with Crippen LogP contribution in [0.3, 0.4) is 0 Å². The SMILES string of the molecule is CCNC(=NCc1ccnc2ccccc12)NCCc1ccc2c(c1)OCO2.I. The topological polar surface area (TPSA) is 67.8 Å². The highest BCUT2D eigenvalue weighted by Crippen LogP contribution is 2.32.